The van der Waals surface area contributed by atoms with Gasteiger partial charge in [-0.3, -0.25) is 9.89 Å². The van der Waals surface area contributed by atoms with Crippen LogP contribution in [-0.2, 0) is 4.79 Å². The van der Waals surface area contributed by atoms with Gasteiger partial charge in [-0.1, -0.05) is 23.0 Å². The molecule has 1 fully saturated rings. The maximum absolute atomic E-state index is 12.4. The van der Waals surface area contributed by atoms with Crippen LogP contribution in [0.5, 0.6) is 0 Å². The Morgan fingerprint density at radius 3 is 2.79 bits per heavy atom. The monoisotopic (exact) mass is 474 g/mol. The van der Waals surface area contributed by atoms with Gasteiger partial charge >= 0.3 is 0 Å². The molecule has 2 N–H and O–H groups in total. The van der Waals surface area contributed by atoms with E-state index in [1.54, 1.807) is 12.4 Å². The van der Waals surface area contributed by atoms with Crippen LogP contribution in [-0.4, -0.2) is 62.1 Å². The molecule has 0 saturated carbocycles. The minimum Gasteiger partial charge on any atom is -0.368 e. The Labute approximate surface area is 201 Å². The van der Waals surface area contributed by atoms with Crippen molar-refractivity contribution >= 4 is 44.2 Å². The highest BCUT2D eigenvalue weighted by Crippen LogP contribution is 2.29. The number of nitrogens with zero attached hydrogens (tertiary/aromatic N) is 6. The molecule has 5 rings (SSSR count). The van der Waals surface area contributed by atoms with E-state index < -0.39 is 0 Å². The Morgan fingerprint density at radius 1 is 1.18 bits per heavy atom. The zero-order valence-electron chi connectivity index (χ0n) is 19.2. The van der Waals surface area contributed by atoms with Gasteiger partial charge in [0.2, 0.25) is 5.91 Å². The molecule has 1 aliphatic rings. The third kappa shape index (κ3) is 4.91. The van der Waals surface area contributed by atoms with Crippen LogP contribution >= 0.6 is 11.3 Å². The molecule has 174 valence electrons. The van der Waals surface area contributed by atoms with Crippen molar-refractivity contribution in [2.75, 3.05) is 36.4 Å². The van der Waals surface area contributed by atoms with Gasteiger partial charge in [0.25, 0.3) is 0 Å². The zero-order chi connectivity index (χ0) is 23.5. The first-order chi connectivity index (χ1) is 16.5. The van der Waals surface area contributed by atoms with Gasteiger partial charge in [-0.05, 0) is 32.0 Å². The summed E-state index contributed by atoms with van der Waals surface area (Å²) in [5, 5.41) is 10.9. The number of aromatic nitrogens is 5. The van der Waals surface area contributed by atoms with Crippen LogP contribution in [0.1, 0.15) is 20.3 Å². The van der Waals surface area contributed by atoms with E-state index in [0.717, 1.165) is 64.4 Å². The van der Waals surface area contributed by atoms with E-state index in [4.69, 9.17) is 4.98 Å². The maximum Gasteiger partial charge on any atom is 0.226 e. The van der Waals surface area contributed by atoms with Gasteiger partial charge in [-0.25, -0.2) is 15.0 Å². The van der Waals surface area contributed by atoms with Crippen LogP contribution < -0.4 is 10.2 Å². The third-order valence-electron chi connectivity index (χ3n) is 5.71. The summed E-state index contributed by atoms with van der Waals surface area (Å²) in [6.45, 7) is 7.08. The molecule has 0 radical (unpaired) electrons. The number of pyridine rings is 2. The smallest absolute Gasteiger partial charge is 0.226 e. The molecule has 5 heterocycles. The number of hydrogen-bond acceptors (Lipinski definition) is 8. The second-order valence-corrected chi connectivity index (χ2v) is 9.38. The van der Waals surface area contributed by atoms with Crippen molar-refractivity contribution in [1.29, 1.82) is 0 Å². The molecule has 4 aromatic heterocycles. The average molecular weight is 475 g/mol. The molecule has 0 bridgehead atoms. The van der Waals surface area contributed by atoms with Crippen molar-refractivity contribution in [3.63, 3.8) is 0 Å². The Kier molecular flexibility index (Phi) is 6.22. The van der Waals surface area contributed by atoms with Crippen molar-refractivity contribution < 1.29 is 4.79 Å². The lowest BCUT2D eigenvalue weighted by Gasteiger charge is -2.36. The number of carbonyl (C=O) groups is 1. The molecule has 9 nitrogen and oxygen atoms in total. The Balaban J connectivity index is 1.25. The zero-order valence-corrected chi connectivity index (χ0v) is 20.0. The summed E-state index contributed by atoms with van der Waals surface area (Å²) in [6, 6.07) is 7.94. The van der Waals surface area contributed by atoms with Crippen molar-refractivity contribution in [1.82, 2.24) is 30.0 Å². The molecule has 0 spiro atoms. The second-order valence-electron chi connectivity index (χ2n) is 8.40. The van der Waals surface area contributed by atoms with E-state index in [1.165, 1.54) is 16.9 Å². The lowest BCUT2D eigenvalue weighted by atomic mass is 10.2. The van der Waals surface area contributed by atoms with Crippen LogP contribution in [0.25, 0.3) is 21.6 Å². The summed E-state index contributed by atoms with van der Waals surface area (Å²) < 4.78 is 0. The molecular formula is C24H26N8OS. The molecule has 0 atom stereocenters. The number of nitrogens with one attached hydrogen (secondary N) is 2. The summed E-state index contributed by atoms with van der Waals surface area (Å²) >= 11 is 1.49. The topological polar surface area (TPSA) is 103 Å². The number of piperazine rings is 1. The van der Waals surface area contributed by atoms with Crippen molar-refractivity contribution in [3.8, 4) is 11.3 Å². The van der Waals surface area contributed by atoms with Gasteiger partial charge in [0.1, 0.15) is 16.2 Å². The number of H-pyrrole nitrogens is 1. The summed E-state index contributed by atoms with van der Waals surface area (Å²) in [6.07, 6.45) is 7.84. The third-order valence-corrected chi connectivity index (χ3v) is 6.59. The fourth-order valence-electron chi connectivity index (χ4n) is 3.85. The van der Waals surface area contributed by atoms with Crippen molar-refractivity contribution in [2.24, 2.45) is 0 Å². The maximum atomic E-state index is 12.4. The Hall–Kier alpha value is -3.79. The lowest BCUT2D eigenvalue weighted by molar-refractivity contribution is -0.130. The predicted octanol–water partition coefficient (Wildman–Crippen LogP) is 4.22. The number of rotatable bonds is 6. The standard InChI is InChI=1S/C24H26N8OS/c1-16(2)3-6-22(33)32-11-9-31(10-12-32)18-7-8-25-21(13-18)30-24-29-20-5-4-19(28-23(20)34-24)17-14-26-27-15-17/h3-5,7-8,13-15H,6,9-12H2,1-2H3,(H,26,27)(H,25,29,30). The Bertz CT molecular complexity index is 1320. The van der Waals surface area contributed by atoms with Crippen LogP contribution in [0.15, 0.2) is 54.5 Å². The SMILES string of the molecule is CC(C)=CCC(=O)N1CCN(c2ccnc(Nc3nc4ccc(-c5cn[nH]c5)nc4s3)c2)CC1. The lowest BCUT2D eigenvalue weighted by Crippen LogP contribution is -2.48. The summed E-state index contributed by atoms with van der Waals surface area (Å²) in [5.74, 6) is 0.923. The number of anilines is 3. The number of carbonyl (C=O) groups excluding carboxylic acids is 1. The molecule has 34 heavy (non-hydrogen) atoms. The van der Waals surface area contributed by atoms with Crippen molar-refractivity contribution in [2.45, 2.75) is 20.3 Å². The molecule has 0 aromatic carbocycles. The van der Waals surface area contributed by atoms with E-state index in [9.17, 15) is 4.79 Å². The fraction of sp³-hybridized carbons (Fsp3) is 0.292. The number of fused-ring (bicyclic) bond motifs is 1. The molecule has 10 heteroatoms. The van der Waals surface area contributed by atoms with Crippen LogP contribution in [0.2, 0.25) is 0 Å². The average Bonchev–Trinajstić information content (AvgIpc) is 3.52. The number of thiazole rings is 1. The first-order valence-electron chi connectivity index (χ1n) is 11.2. The number of hydrogen-bond donors (Lipinski definition) is 2. The predicted molar refractivity (Wildman–Crippen MR) is 135 cm³/mol. The van der Waals surface area contributed by atoms with Gasteiger partial charge in [0.15, 0.2) is 5.13 Å². The molecule has 1 saturated heterocycles. The largest absolute Gasteiger partial charge is 0.368 e. The van der Waals surface area contributed by atoms with Gasteiger partial charge in [0, 0.05) is 62.3 Å². The van der Waals surface area contributed by atoms with E-state index >= 15 is 0 Å². The van der Waals surface area contributed by atoms with Gasteiger partial charge in [-0.15, -0.1) is 0 Å². The fourth-order valence-corrected chi connectivity index (χ4v) is 4.70. The van der Waals surface area contributed by atoms with Crippen LogP contribution in [0.4, 0.5) is 16.6 Å². The first-order valence-corrected chi connectivity index (χ1v) is 12.0. The van der Waals surface area contributed by atoms with Crippen molar-refractivity contribution in [3.05, 3.63) is 54.5 Å². The Morgan fingerprint density at radius 2 is 2.03 bits per heavy atom. The highest BCUT2D eigenvalue weighted by molar-refractivity contribution is 7.21. The normalized spacial score (nSPS) is 13.8. The number of allylic oxidation sites excluding steroid dienone is 1. The quantitative estimate of drug-likeness (QED) is 0.403. The van der Waals surface area contributed by atoms with Crippen LogP contribution in [0, 0.1) is 0 Å². The molecule has 0 unspecified atom stereocenters. The highest BCUT2D eigenvalue weighted by atomic mass is 32.1. The first kappa shape index (κ1) is 22.0. The van der Waals surface area contributed by atoms with Crippen LogP contribution in [0.3, 0.4) is 0 Å². The minimum atomic E-state index is 0.193. The molecule has 1 aliphatic heterocycles. The molecule has 1 amide bonds. The number of aromatic amines is 1. The van der Waals surface area contributed by atoms with E-state index in [2.05, 4.69) is 30.4 Å². The molecular weight excluding hydrogens is 448 g/mol. The van der Waals surface area contributed by atoms with E-state index in [0.29, 0.717) is 6.42 Å². The summed E-state index contributed by atoms with van der Waals surface area (Å²) in [4.78, 5) is 31.3. The van der Waals surface area contributed by atoms with E-state index in [1.807, 2.05) is 55.3 Å². The molecule has 0 aliphatic carbocycles. The molecule has 4 aromatic rings. The van der Waals surface area contributed by atoms with Gasteiger partial charge < -0.3 is 15.1 Å². The van der Waals surface area contributed by atoms with Gasteiger partial charge in [-0.2, -0.15) is 5.10 Å². The van der Waals surface area contributed by atoms with E-state index in [-0.39, 0.29) is 5.91 Å². The summed E-state index contributed by atoms with van der Waals surface area (Å²) in [7, 11) is 0. The minimum absolute atomic E-state index is 0.193. The highest BCUT2D eigenvalue weighted by Gasteiger charge is 2.21. The number of amides is 1. The second kappa shape index (κ2) is 9.60. The summed E-state index contributed by atoms with van der Waals surface area (Å²) in [5.41, 5.74) is 4.89. The van der Waals surface area contributed by atoms with Gasteiger partial charge in [0.05, 0.1) is 11.9 Å².